The van der Waals surface area contributed by atoms with Crippen LogP contribution < -0.4 is 10.1 Å². The summed E-state index contributed by atoms with van der Waals surface area (Å²) in [5, 5.41) is 2.92. The van der Waals surface area contributed by atoms with Crippen molar-refractivity contribution in [2.24, 2.45) is 7.05 Å². The first-order chi connectivity index (χ1) is 11.1. The molecule has 5 nitrogen and oxygen atoms in total. The van der Waals surface area contributed by atoms with E-state index in [1.807, 2.05) is 61.0 Å². The van der Waals surface area contributed by atoms with Gasteiger partial charge in [-0.15, -0.1) is 0 Å². The monoisotopic (exact) mass is 309 g/mol. The van der Waals surface area contributed by atoms with Crippen LogP contribution in [-0.2, 0) is 18.3 Å². The lowest BCUT2D eigenvalue weighted by atomic mass is 10.1. The van der Waals surface area contributed by atoms with E-state index in [4.69, 9.17) is 4.74 Å². The smallest absolute Gasteiger partial charge is 0.228 e. The lowest BCUT2D eigenvalue weighted by Gasteiger charge is -2.06. The Hall–Kier alpha value is -2.82. The predicted molar refractivity (Wildman–Crippen MR) is 90.8 cm³/mol. The molecule has 0 unspecified atom stereocenters. The van der Waals surface area contributed by atoms with Crippen LogP contribution >= 0.6 is 0 Å². The molecule has 0 aliphatic carbocycles. The van der Waals surface area contributed by atoms with E-state index in [0.717, 1.165) is 33.9 Å². The topological polar surface area (TPSA) is 56.1 Å². The van der Waals surface area contributed by atoms with E-state index in [2.05, 4.69) is 10.3 Å². The van der Waals surface area contributed by atoms with Crippen LogP contribution in [0.1, 0.15) is 11.4 Å². The van der Waals surface area contributed by atoms with Gasteiger partial charge in [-0.05, 0) is 42.8 Å². The first-order valence-corrected chi connectivity index (χ1v) is 7.42. The van der Waals surface area contributed by atoms with Crippen molar-refractivity contribution in [2.45, 2.75) is 13.3 Å². The molecular formula is C18H19N3O2. The number of anilines is 1. The van der Waals surface area contributed by atoms with E-state index in [1.54, 1.807) is 7.11 Å². The molecule has 1 heterocycles. The third-order valence-electron chi connectivity index (χ3n) is 3.91. The summed E-state index contributed by atoms with van der Waals surface area (Å²) in [6.07, 6.45) is 0.323. The molecular weight excluding hydrogens is 290 g/mol. The second-order valence-corrected chi connectivity index (χ2v) is 5.49. The highest BCUT2D eigenvalue weighted by molar-refractivity contribution is 5.94. The Morgan fingerprint density at radius 1 is 1.22 bits per heavy atom. The minimum Gasteiger partial charge on any atom is -0.497 e. The summed E-state index contributed by atoms with van der Waals surface area (Å²) in [6, 6.07) is 13.3. The number of amides is 1. The highest BCUT2D eigenvalue weighted by Gasteiger charge is 2.08. The Labute approximate surface area is 134 Å². The first kappa shape index (κ1) is 15.1. The van der Waals surface area contributed by atoms with Crippen LogP contribution in [0.5, 0.6) is 5.75 Å². The fourth-order valence-electron chi connectivity index (χ4n) is 2.53. The van der Waals surface area contributed by atoms with E-state index >= 15 is 0 Å². The summed E-state index contributed by atoms with van der Waals surface area (Å²) >= 11 is 0. The third kappa shape index (κ3) is 3.18. The van der Waals surface area contributed by atoms with Crippen LogP contribution in [-0.4, -0.2) is 22.6 Å². The minimum atomic E-state index is -0.0535. The summed E-state index contributed by atoms with van der Waals surface area (Å²) in [4.78, 5) is 16.7. The van der Waals surface area contributed by atoms with Gasteiger partial charge in [0.2, 0.25) is 5.91 Å². The molecule has 0 atom stereocenters. The molecule has 1 amide bonds. The number of nitrogens with zero attached hydrogens (tertiary/aromatic N) is 2. The number of carbonyl (C=O) groups excluding carboxylic acids is 1. The standard InChI is InChI=1S/C18H19N3O2/c1-12-19-16-11-14(6-9-17(16)21(12)2)20-18(22)10-13-4-7-15(23-3)8-5-13/h4-9,11H,10H2,1-3H3,(H,20,22). The van der Waals surface area contributed by atoms with Gasteiger partial charge in [-0.25, -0.2) is 4.98 Å². The quantitative estimate of drug-likeness (QED) is 0.806. The summed E-state index contributed by atoms with van der Waals surface area (Å²) in [5.41, 5.74) is 3.63. The molecule has 0 spiro atoms. The van der Waals surface area contributed by atoms with Crippen molar-refractivity contribution < 1.29 is 9.53 Å². The Morgan fingerprint density at radius 2 is 1.96 bits per heavy atom. The highest BCUT2D eigenvalue weighted by Crippen LogP contribution is 2.19. The molecule has 23 heavy (non-hydrogen) atoms. The van der Waals surface area contributed by atoms with Crippen LogP contribution in [0.2, 0.25) is 0 Å². The Kier molecular flexibility index (Phi) is 4.02. The largest absolute Gasteiger partial charge is 0.497 e. The number of carbonyl (C=O) groups is 1. The average molecular weight is 309 g/mol. The number of hydrogen-bond donors (Lipinski definition) is 1. The van der Waals surface area contributed by atoms with Gasteiger partial charge in [0.1, 0.15) is 11.6 Å². The molecule has 1 N–H and O–H groups in total. The molecule has 0 bridgehead atoms. The maximum absolute atomic E-state index is 12.2. The molecule has 118 valence electrons. The van der Waals surface area contributed by atoms with Gasteiger partial charge in [-0.3, -0.25) is 4.79 Å². The van der Waals surface area contributed by atoms with Crippen LogP contribution in [0.3, 0.4) is 0 Å². The number of aryl methyl sites for hydroxylation is 2. The van der Waals surface area contributed by atoms with Gasteiger partial charge in [0.25, 0.3) is 0 Å². The van der Waals surface area contributed by atoms with E-state index in [9.17, 15) is 4.79 Å². The molecule has 0 radical (unpaired) electrons. The van der Waals surface area contributed by atoms with Gasteiger partial charge < -0.3 is 14.6 Å². The van der Waals surface area contributed by atoms with Gasteiger partial charge in [-0.2, -0.15) is 0 Å². The molecule has 0 saturated heterocycles. The molecule has 3 rings (SSSR count). The second kappa shape index (κ2) is 6.12. The van der Waals surface area contributed by atoms with Gasteiger partial charge in [0, 0.05) is 12.7 Å². The van der Waals surface area contributed by atoms with Crippen molar-refractivity contribution in [3.63, 3.8) is 0 Å². The number of hydrogen-bond acceptors (Lipinski definition) is 3. The summed E-state index contributed by atoms with van der Waals surface area (Å²) in [7, 11) is 3.60. The Morgan fingerprint density at radius 3 is 2.65 bits per heavy atom. The van der Waals surface area contributed by atoms with E-state index in [0.29, 0.717) is 6.42 Å². The zero-order valence-electron chi connectivity index (χ0n) is 13.5. The number of methoxy groups -OCH3 is 1. The number of ether oxygens (including phenoxy) is 1. The number of fused-ring (bicyclic) bond motifs is 1. The van der Waals surface area contributed by atoms with Gasteiger partial charge in [0.15, 0.2) is 0 Å². The lowest BCUT2D eigenvalue weighted by Crippen LogP contribution is -2.14. The summed E-state index contributed by atoms with van der Waals surface area (Å²) in [5.74, 6) is 1.68. The van der Waals surface area contributed by atoms with Crippen molar-refractivity contribution in [3.05, 3.63) is 53.9 Å². The first-order valence-electron chi connectivity index (χ1n) is 7.42. The number of benzene rings is 2. The zero-order valence-corrected chi connectivity index (χ0v) is 13.5. The number of nitrogens with one attached hydrogen (secondary N) is 1. The fraction of sp³-hybridized carbons (Fsp3) is 0.222. The molecule has 5 heteroatoms. The van der Waals surface area contributed by atoms with Crippen molar-refractivity contribution in [3.8, 4) is 5.75 Å². The van der Waals surface area contributed by atoms with Gasteiger partial charge >= 0.3 is 0 Å². The minimum absolute atomic E-state index is 0.0535. The maximum Gasteiger partial charge on any atom is 0.228 e. The Bertz CT molecular complexity index is 851. The predicted octanol–water partition coefficient (Wildman–Crippen LogP) is 3.07. The highest BCUT2D eigenvalue weighted by atomic mass is 16.5. The fourth-order valence-corrected chi connectivity index (χ4v) is 2.53. The molecule has 2 aromatic carbocycles. The summed E-state index contributed by atoms with van der Waals surface area (Å²) in [6.45, 7) is 1.96. The summed E-state index contributed by atoms with van der Waals surface area (Å²) < 4.78 is 7.14. The number of aromatic nitrogens is 2. The lowest BCUT2D eigenvalue weighted by molar-refractivity contribution is -0.115. The van der Waals surface area contributed by atoms with Crippen molar-refractivity contribution in [1.29, 1.82) is 0 Å². The number of imidazole rings is 1. The molecule has 0 aliphatic heterocycles. The van der Waals surface area contributed by atoms with Gasteiger partial charge in [0.05, 0.1) is 24.6 Å². The van der Waals surface area contributed by atoms with E-state index < -0.39 is 0 Å². The van der Waals surface area contributed by atoms with E-state index in [1.165, 1.54) is 0 Å². The van der Waals surface area contributed by atoms with Crippen LogP contribution in [0.25, 0.3) is 11.0 Å². The second-order valence-electron chi connectivity index (χ2n) is 5.49. The zero-order chi connectivity index (χ0) is 16.4. The van der Waals surface area contributed by atoms with Crippen molar-refractivity contribution >= 4 is 22.6 Å². The molecule has 0 saturated carbocycles. The number of rotatable bonds is 4. The molecule has 0 fully saturated rings. The van der Waals surface area contributed by atoms with Crippen LogP contribution in [0, 0.1) is 6.92 Å². The maximum atomic E-state index is 12.2. The normalized spacial score (nSPS) is 10.7. The van der Waals surface area contributed by atoms with Crippen molar-refractivity contribution in [2.75, 3.05) is 12.4 Å². The SMILES string of the molecule is COc1ccc(CC(=O)Nc2ccc3c(c2)nc(C)n3C)cc1. The van der Waals surface area contributed by atoms with Crippen molar-refractivity contribution in [1.82, 2.24) is 9.55 Å². The third-order valence-corrected chi connectivity index (χ3v) is 3.91. The van der Waals surface area contributed by atoms with Crippen LogP contribution in [0.4, 0.5) is 5.69 Å². The molecule has 3 aromatic rings. The van der Waals surface area contributed by atoms with Crippen LogP contribution in [0.15, 0.2) is 42.5 Å². The van der Waals surface area contributed by atoms with Gasteiger partial charge in [-0.1, -0.05) is 12.1 Å². The molecule has 1 aromatic heterocycles. The average Bonchev–Trinajstić information content (AvgIpc) is 2.82. The molecule has 0 aliphatic rings. The van der Waals surface area contributed by atoms with E-state index in [-0.39, 0.29) is 5.91 Å². The Balaban J connectivity index is 1.71.